The Morgan fingerprint density at radius 1 is 0.633 bits per heavy atom. The van der Waals surface area contributed by atoms with E-state index in [-0.39, 0.29) is 0 Å². The molecule has 3 aromatic carbocycles. The van der Waals surface area contributed by atoms with Crippen LogP contribution in [0.4, 0.5) is 11.4 Å². The van der Waals surface area contributed by atoms with E-state index in [0.717, 1.165) is 16.9 Å². The van der Waals surface area contributed by atoms with Crippen molar-refractivity contribution in [1.82, 2.24) is 10.9 Å². The highest BCUT2D eigenvalue weighted by molar-refractivity contribution is 7.80. The molecule has 0 unspecified atom stereocenters. The first kappa shape index (κ1) is 21.1. The summed E-state index contributed by atoms with van der Waals surface area (Å²) in [5.41, 5.74) is 8.85. The molecule has 0 radical (unpaired) electrons. The first-order chi connectivity index (χ1) is 14.7. The highest BCUT2D eigenvalue weighted by Gasteiger charge is 2.02. The number of hydrogen-bond donors (Lipinski definition) is 4. The maximum absolute atomic E-state index is 5.31. The van der Waals surface area contributed by atoms with Crippen molar-refractivity contribution in [1.29, 1.82) is 0 Å². The van der Waals surface area contributed by atoms with Gasteiger partial charge in [0.15, 0.2) is 10.2 Å². The van der Waals surface area contributed by atoms with Crippen LogP contribution in [0.25, 0.3) is 0 Å². The molecule has 3 aromatic rings. The predicted molar refractivity (Wildman–Crippen MR) is 133 cm³/mol. The van der Waals surface area contributed by atoms with Crippen LogP contribution in [0.2, 0.25) is 0 Å². The van der Waals surface area contributed by atoms with Crippen molar-refractivity contribution in [3.05, 3.63) is 96.6 Å². The second-order valence-electron chi connectivity index (χ2n) is 5.99. The summed E-state index contributed by atoms with van der Waals surface area (Å²) in [7, 11) is 0. The molecule has 0 heterocycles. The third kappa shape index (κ3) is 7.08. The number of para-hydroxylation sites is 2. The molecule has 0 spiro atoms. The topological polar surface area (TPSA) is 72.8 Å². The van der Waals surface area contributed by atoms with Gasteiger partial charge in [0.25, 0.3) is 0 Å². The molecule has 0 aliphatic heterocycles. The van der Waals surface area contributed by atoms with Crippen molar-refractivity contribution in [2.75, 3.05) is 10.6 Å². The number of hydrogen-bond acceptors (Lipinski definition) is 4. The van der Waals surface area contributed by atoms with Gasteiger partial charge in [0.1, 0.15) is 5.71 Å². The van der Waals surface area contributed by atoms with E-state index in [1.54, 1.807) is 6.21 Å². The molecule has 3 rings (SSSR count). The second-order valence-corrected chi connectivity index (χ2v) is 6.80. The Labute approximate surface area is 186 Å². The fourth-order valence-electron chi connectivity index (χ4n) is 2.40. The second kappa shape index (κ2) is 11.4. The van der Waals surface area contributed by atoms with Crippen molar-refractivity contribution < 1.29 is 0 Å². The largest absolute Gasteiger partial charge is 0.331 e. The highest BCUT2D eigenvalue weighted by atomic mass is 32.1. The van der Waals surface area contributed by atoms with E-state index >= 15 is 0 Å². The van der Waals surface area contributed by atoms with E-state index in [0.29, 0.717) is 15.9 Å². The number of nitrogens with zero attached hydrogens (tertiary/aromatic N) is 2. The molecular formula is C22H20N6S2. The van der Waals surface area contributed by atoms with Gasteiger partial charge in [-0.15, -0.1) is 0 Å². The first-order valence-electron chi connectivity index (χ1n) is 9.11. The molecule has 0 amide bonds. The van der Waals surface area contributed by atoms with E-state index < -0.39 is 0 Å². The van der Waals surface area contributed by atoms with Crippen LogP contribution in [-0.4, -0.2) is 22.2 Å². The van der Waals surface area contributed by atoms with E-state index in [2.05, 4.69) is 31.7 Å². The molecule has 0 atom stereocenters. The minimum Gasteiger partial charge on any atom is -0.331 e. The Kier molecular flexibility index (Phi) is 8.02. The van der Waals surface area contributed by atoms with Crippen LogP contribution in [0.3, 0.4) is 0 Å². The summed E-state index contributed by atoms with van der Waals surface area (Å²) in [6.07, 6.45) is 1.58. The average Bonchev–Trinajstić information content (AvgIpc) is 2.78. The van der Waals surface area contributed by atoms with Gasteiger partial charge in [0.2, 0.25) is 0 Å². The molecule has 4 N–H and O–H groups in total. The molecule has 0 aliphatic rings. The summed E-state index contributed by atoms with van der Waals surface area (Å²) < 4.78 is 0. The van der Waals surface area contributed by atoms with Gasteiger partial charge >= 0.3 is 0 Å². The third-order valence-electron chi connectivity index (χ3n) is 3.76. The Morgan fingerprint density at radius 2 is 1.10 bits per heavy atom. The molecule has 8 heteroatoms. The number of hydrazone groups is 2. The fraction of sp³-hybridized carbons (Fsp3) is 0. The third-order valence-corrected chi connectivity index (χ3v) is 4.15. The number of rotatable bonds is 6. The summed E-state index contributed by atoms with van der Waals surface area (Å²) in [5, 5.41) is 15.4. The van der Waals surface area contributed by atoms with Gasteiger partial charge in [-0.1, -0.05) is 66.7 Å². The Bertz CT molecular complexity index is 1020. The monoisotopic (exact) mass is 432 g/mol. The van der Waals surface area contributed by atoms with Crippen molar-refractivity contribution in [2.24, 2.45) is 10.2 Å². The normalized spacial score (nSPS) is 11.0. The summed E-state index contributed by atoms with van der Waals surface area (Å²) in [4.78, 5) is 0. The van der Waals surface area contributed by atoms with Gasteiger partial charge in [-0.3, -0.25) is 10.9 Å². The predicted octanol–water partition coefficient (Wildman–Crippen LogP) is 4.35. The van der Waals surface area contributed by atoms with Crippen molar-refractivity contribution in [3.8, 4) is 0 Å². The van der Waals surface area contributed by atoms with Gasteiger partial charge in [-0.2, -0.15) is 10.2 Å². The van der Waals surface area contributed by atoms with E-state index in [1.165, 1.54) is 0 Å². The summed E-state index contributed by atoms with van der Waals surface area (Å²) in [6, 6.07) is 28.9. The van der Waals surface area contributed by atoms with Crippen LogP contribution in [0.15, 0.2) is 101 Å². The molecule has 0 aromatic heterocycles. The van der Waals surface area contributed by atoms with Crippen LogP contribution in [-0.2, 0) is 0 Å². The van der Waals surface area contributed by atoms with Crippen LogP contribution in [0.1, 0.15) is 5.56 Å². The van der Waals surface area contributed by atoms with Crippen LogP contribution in [0, 0.1) is 0 Å². The highest BCUT2D eigenvalue weighted by Crippen LogP contribution is 2.05. The summed E-state index contributed by atoms with van der Waals surface area (Å²) >= 11 is 10.6. The van der Waals surface area contributed by atoms with Crippen LogP contribution >= 0.6 is 24.4 Å². The summed E-state index contributed by atoms with van der Waals surface area (Å²) in [6.45, 7) is 0. The molecule has 0 bridgehead atoms. The zero-order valence-corrected chi connectivity index (χ0v) is 17.6. The van der Waals surface area contributed by atoms with Crippen LogP contribution < -0.4 is 21.5 Å². The smallest absolute Gasteiger partial charge is 0.191 e. The molecular weight excluding hydrogens is 412 g/mol. The molecule has 30 heavy (non-hydrogen) atoms. The van der Waals surface area contributed by atoms with Gasteiger partial charge in [-0.05, 0) is 48.7 Å². The van der Waals surface area contributed by atoms with Gasteiger partial charge in [0, 0.05) is 16.9 Å². The number of anilines is 2. The van der Waals surface area contributed by atoms with Gasteiger partial charge in [-0.25, -0.2) is 0 Å². The molecule has 0 fully saturated rings. The van der Waals surface area contributed by atoms with Crippen molar-refractivity contribution in [2.45, 2.75) is 0 Å². The number of benzene rings is 3. The maximum Gasteiger partial charge on any atom is 0.191 e. The average molecular weight is 433 g/mol. The molecule has 6 nitrogen and oxygen atoms in total. The zero-order chi connectivity index (χ0) is 21.0. The van der Waals surface area contributed by atoms with E-state index in [1.807, 2.05) is 91.0 Å². The van der Waals surface area contributed by atoms with Crippen molar-refractivity contribution >= 4 is 58.0 Å². The molecule has 0 saturated carbocycles. The minimum atomic E-state index is 0.372. The zero-order valence-electron chi connectivity index (χ0n) is 15.9. The minimum absolute atomic E-state index is 0.372. The molecule has 0 saturated heterocycles. The standard InChI is InChI=1S/C22H20N6S2/c29-21(24-18-12-6-2-7-13-18)27-23-16-20(17-10-4-1-5-11-17)26-28-22(30)25-19-14-8-3-9-15-19/h1-16H,(H2,24,27,29)(H2,25,28,30). The lowest BCUT2D eigenvalue weighted by Gasteiger charge is -2.09. The lowest BCUT2D eigenvalue weighted by atomic mass is 10.1. The fourth-order valence-corrected chi connectivity index (χ4v) is 2.74. The molecule has 150 valence electrons. The Balaban J connectivity index is 1.63. The van der Waals surface area contributed by atoms with Gasteiger partial charge in [0.05, 0.1) is 6.21 Å². The first-order valence-corrected chi connectivity index (χ1v) is 9.92. The number of nitrogens with one attached hydrogen (secondary N) is 4. The van der Waals surface area contributed by atoms with Crippen molar-refractivity contribution in [3.63, 3.8) is 0 Å². The lowest BCUT2D eigenvalue weighted by Crippen LogP contribution is -2.27. The maximum atomic E-state index is 5.31. The van der Waals surface area contributed by atoms with E-state index in [9.17, 15) is 0 Å². The quantitative estimate of drug-likeness (QED) is 0.264. The van der Waals surface area contributed by atoms with Gasteiger partial charge < -0.3 is 10.6 Å². The van der Waals surface area contributed by atoms with Crippen LogP contribution in [0.5, 0.6) is 0 Å². The van der Waals surface area contributed by atoms with E-state index in [4.69, 9.17) is 24.4 Å². The SMILES string of the molecule is S=C(NN=CC(=NNC(=S)Nc1ccccc1)c1ccccc1)Nc1ccccc1. The lowest BCUT2D eigenvalue weighted by molar-refractivity contribution is 1.04. The molecule has 0 aliphatic carbocycles. The summed E-state index contributed by atoms with van der Waals surface area (Å²) in [5.74, 6) is 0. The Hall–Kier alpha value is -3.62. The number of thiocarbonyl (C=S) groups is 2. The Morgan fingerprint density at radius 3 is 1.63 bits per heavy atom.